The van der Waals surface area contributed by atoms with Gasteiger partial charge in [0.25, 0.3) is 0 Å². The van der Waals surface area contributed by atoms with Crippen LogP contribution in [0.5, 0.6) is 5.75 Å². The van der Waals surface area contributed by atoms with E-state index in [9.17, 15) is 0 Å². The number of aryl methyl sites for hydroxylation is 1. The summed E-state index contributed by atoms with van der Waals surface area (Å²) in [5.74, 6) is 3.14. The van der Waals surface area contributed by atoms with E-state index >= 15 is 0 Å². The maximum Gasteiger partial charge on any atom is 0.191 e. The zero-order valence-corrected chi connectivity index (χ0v) is 18.0. The van der Waals surface area contributed by atoms with Crippen LogP contribution in [0.4, 0.5) is 0 Å². The molecule has 0 radical (unpaired) electrons. The van der Waals surface area contributed by atoms with Gasteiger partial charge in [-0.25, -0.2) is 4.99 Å². The van der Waals surface area contributed by atoms with Crippen molar-refractivity contribution in [1.82, 2.24) is 25.4 Å². The van der Waals surface area contributed by atoms with Crippen LogP contribution in [0, 0.1) is 6.92 Å². The van der Waals surface area contributed by atoms with Gasteiger partial charge in [-0.2, -0.15) is 0 Å². The number of benzene rings is 1. The molecular formula is C20H31ClN6O. The monoisotopic (exact) mass is 406 g/mol. The second-order valence-corrected chi connectivity index (χ2v) is 7.03. The van der Waals surface area contributed by atoms with Gasteiger partial charge in [0.1, 0.15) is 24.2 Å². The first-order valence-electron chi connectivity index (χ1n) is 9.83. The van der Waals surface area contributed by atoms with Crippen molar-refractivity contribution in [1.29, 1.82) is 0 Å². The quantitative estimate of drug-likeness (QED) is 0.359. The molecule has 8 heteroatoms. The fraction of sp³-hybridized carbons (Fsp3) is 0.550. The molecule has 0 aliphatic rings. The third-order valence-corrected chi connectivity index (χ3v) is 4.78. The summed E-state index contributed by atoms with van der Waals surface area (Å²) in [4.78, 5) is 4.66. The lowest BCUT2D eigenvalue weighted by Crippen LogP contribution is -2.43. The van der Waals surface area contributed by atoms with Gasteiger partial charge in [0.2, 0.25) is 0 Å². The minimum absolute atomic E-state index is 0.0184. The fourth-order valence-corrected chi connectivity index (χ4v) is 2.68. The first-order chi connectivity index (χ1) is 13.5. The zero-order chi connectivity index (χ0) is 20.4. The lowest BCUT2D eigenvalue weighted by Gasteiger charge is -2.20. The van der Waals surface area contributed by atoms with Gasteiger partial charge in [-0.05, 0) is 31.9 Å². The van der Waals surface area contributed by atoms with Crippen LogP contribution in [0.15, 0.2) is 29.3 Å². The van der Waals surface area contributed by atoms with Crippen molar-refractivity contribution in [3.8, 4) is 5.75 Å². The maximum absolute atomic E-state index is 6.21. The smallest absolute Gasteiger partial charge is 0.191 e. The molecule has 2 N–H and O–H groups in total. The van der Waals surface area contributed by atoms with Gasteiger partial charge in [-0.3, -0.25) is 0 Å². The van der Waals surface area contributed by atoms with E-state index in [0.717, 1.165) is 43.4 Å². The van der Waals surface area contributed by atoms with Crippen molar-refractivity contribution in [2.24, 2.45) is 12.0 Å². The van der Waals surface area contributed by atoms with Crippen molar-refractivity contribution < 1.29 is 4.74 Å². The van der Waals surface area contributed by atoms with Crippen LogP contribution in [0.3, 0.4) is 0 Å². The molecule has 1 atom stereocenters. The number of aromatic nitrogens is 3. The second-order valence-electron chi connectivity index (χ2n) is 6.63. The number of guanidine groups is 1. The molecule has 0 fully saturated rings. The zero-order valence-electron chi connectivity index (χ0n) is 17.2. The van der Waals surface area contributed by atoms with Crippen molar-refractivity contribution in [2.45, 2.75) is 52.7 Å². The van der Waals surface area contributed by atoms with E-state index in [1.807, 2.05) is 42.8 Å². The minimum Gasteiger partial charge on any atom is -0.487 e. The van der Waals surface area contributed by atoms with Crippen LogP contribution in [0.1, 0.15) is 44.8 Å². The van der Waals surface area contributed by atoms with E-state index in [4.69, 9.17) is 16.3 Å². The van der Waals surface area contributed by atoms with Crippen LogP contribution in [0.2, 0.25) is 5.02 Å². The molecule has 1 aromatic carbocycles. The highest BCUT2D eigenvalue weighted by atomic mass is 35.5. The Morgan fingerprint density at radius 2 is 2.04 bits per heavy atom. The van der Waals surface area contributed by atoms with E-state index in [1.165, 1.54) is 0 Å². The Kier molecular flexibility index (Phi) is 9.07. The van der Waals surface area contributed by atoms with Gasteiger partial charge in [-0.1, -0.05) is 44.0 Å². The Morgan fingerprint density at radius 1 is 1.25 bits per heavy atom. The molecule has 0 saturated carbocycles. The third kappa shape index (κ3) is 6.71. The molecule has 0 amide bonds. The predicted molar refractivity (Wildman–Crippen MR) is 114 cm³/mol. The number of halogens is 1. The van der Waals surface area contributed by atoms with E-state index in [-0.39, 0.29) is 6.10 Å². The molecule has 0 bridgehead atoms. The van der Waals surface area contributed by atoms with Crippen LogP contribution in [-0.2, 0) is 13.6 Å². The highest BCUT2D eigenvalue weighted by Crippen LogP contribution is 2.24. The molecular weight excluding hydrogens is 376 g/mol. The lowest BCUT2D eigenvalue weighted by molar-refractivity contribution is 0.199. The van der Waals surface area contributed by atoms with Gasteiger partial charge in [-0.15, -0.1) is 10.2 Å². The summed E-state index contributed by atoms with van der Waals surface area (Å²) in [6.45, 7) is 8.13. The highest BCUT2D eigenvalue weighted by molar-refractivity contribution is 6.32. The number of para-hydroxylation sites is 1. The summed E-state index contributed by atoms with van der Waals surface area (Å²) in [6, 6.07) is 7.53. The number of nitrogens with zero attached hydrogens (tertiary/aromatic N) is 4. The molecule has 1 heterocycles. The molecule has 0 aliphatic heterocycles. The average molecular weight is 407 g/mol. The molecule has 1 unspecified atom stereocenters. The maximum atomic E-state index is 6.21. The van der Waals surface area contributed by atoms with Gasteiger partial charge in [0, 0.05) is 13.6 Å². The number of aliphatic imine (C=N–C) groups is 1. The largest absolute Gasteiger partial charge is 0.487 e. The number of ether oxygens (including phenoxy) is 1. The minimum atomic E-state index is -0.0184. The Hall–Kier alpha value is -2.28. The standard InChI is InChI=1S/C20H31ClN6O/c1-5-7-12-22-20(24-14-19-26-25-15(3)27(19)4)23-13-16(6-2)28-18-11-9-8-10-17(18)21/h8-11,16H,5-7,12-14H2,1-4H3,(H2,22,23,24). The summed E-state index contributed by atoms with van der Waals surface area (Å²) in [7, 11) is 1.95. The number of hydrogen-bond donors (Lipinski definition) is 2. The molecule has 2 rings (SSSR count). The highest BCUT2D eigenvalue weighted by Gasteiger charge is 2.12. The normalized spacial score (nSPS) is 12.7. The molecule has 28 heavy (non-hydrogen) atoms. The van der Waals surface area contributed by atoms with Crippen molar-refractivity contribution in [2.75, 3.05) is 13.1 Å². The fourth-order valence-electron chi connectivity index (χ4n) is 2.50. The average Bonchev–Trinajstić information content (AvgIpc) is 3.02. The lowest BCUT2D eigenvalue weighted by atomic mass is 10.2. The van der Waals surface area contributed by atoms with Crippen molar-refractivity contribution >= 4 is 17.6 Å². The van der Waals surface area contributed by atoms with E-state index in [0.29, 0.717) is 23.9 Å². The Labute approximate surface area is 172 Å². The Bertz CT molecular complexity index is 761. The summed E-state index contributed by atoms with van der Waals surface area (Å²) < 4.78 is 8.00. The van der Waals surface area contributed by atoms with Crippen LogP contribution in [-0.4, -0.2) is 39.9 Å². The Balaban J connectivity index is 1.98. The van der Waals surface area contributed by atoms with Gasteiger partial charge in [0.15, 0.2) is 11.8 Å². The van der Waals surface area contributed by atoms with Gasteiger partial charge < -0.3 is 19.9 Å². The van der Waals surface area contributed by atoms with Gasteiger partial charge in [0.05, 0.1) is 11.6 Å². The van der Waals surface area contributed by atoms with E-state index < -0.39 is 0 Å². The summed E-state index contributed by atoms with van der Waals surface area (Å²) in [5, 5.41) is 15.6. The second kappa shape index (κ2) is 11.5. The summed E-state index contributed by atoms with van der Waals surface area (Å²) >= 11 is 6.21. The number of unbranched alkanes of at least 4 members (excludes halogenated alkanes) is 1. The number of hydrogen-bond acceptors (Lipinski definition) is 4. The number of rotatable bonds is 10. The number of nitrogens with one attached hydrogen (secondary N) is 2. The topological polar surface area (TPSA) is 76.4 Å². The predicted octanol–water partition coefficient (Wildman–Crippen LogP) is 3.47. The SMILES string of the molecule is CCCCNC(=NCc1nnc(C)n1C)NCC(CC)Oc1ccccc1Cl. The van der Waals surface area contributed by atoms with E-state index in [2.05, 4.69) is 39.7 Å². The third-order valence-electron chi connectivity index (χ3n) is 4.47. The van der Waals surface area contributed by atoms with Crippen molar-refractivity contribution in [3.63, 3.8) is 0 Å². The summed E-state index contributed by atoms with van der Waals surface area (Å²) in [5.41, 5.74) is 0. The van der Waals surface area contributed by atoms with Crippen molar-refractivity contribution in [3.05, 3.63) is 40.9 Å². The molecule has 7 nitrogen and oxygen atoms in total. The molecule has 0 saturated heterocycles. The van der Waals surface area contributed by atoms with E-state index in [1.54, 1.807) is 0 Å². The molecule has 0 aliphatic carbocycles. The Morgan fingerprint density at radius 3 is 2.68 bits per heavy atom. The first-order valence-corrected chi connectivity index (χ1v) is 10.2. The summed E-state index contributed by atoms with van der Waals surface area (Å²) in [6.07, 6.45) is 3.03. The molecule has 1 aromatic heterocycles. The van der Waals surface area contributed by atoms with Crippen LogP contribution in [0.25, 0.3) is 0 Å². The van der Waals surface area contributed by atoms with Crippen LogP contribution < -0.4 is 15.4 Å². The van der Waals surface area contributed by atoms with Crippen LogP contribution >= 0.6 is 11.6 Å². The van der Waals surface area contributed by atoms with Gasteiger partial charge >= 0.3 is 0 Å². The molecule has 0 spiro atoms. The molecule has 2 aromatic rings. The first kappa shape index (κ1) is 22.0. The molecule has 154 valence electrons.